The number of sulfonamides is 1. The van der Waals surface area contributed by atoms with Gasteiger partial charge < -0.3 is 9.64 Å². The van der Waals surface area contributed by atoms with Crippen molar-refractivity contribution in [1.29, 1.82) is 0 Å². The summed E-state index contributed by atoms with van der Waals surface area (Å²) in [6, 6.07) is 11.9. The van der Waals surface area contributed by atoms with Crippen LogP contribution in [0.4, 0.5) is 5.13 Å². The van der Waals surface area contributed by atoms with E-state index in [1.807, 2.05) is 18.2 Å². The first-order valence-electron chi connectivity index (χ1n) is 11.9. The molecule has 1 heterocycles. The number of fused-ring (bicyclic) bond motifs is 1. The van der Waals surface area contributed by atoms with Crippen LogP contribution >= 0.6 is 11.3 Å². The summed E-state index contributed by atoms with van der Waals surface area (Å²) in [7, 11) is -1.98. The first-order valence-corrected chi connectivity index (χ1v) is 14.1. The number of amides is 1. The van der Waals surface area contributed by atoms with Gasteiger partial charge in [-0.25, -0.2) is 13.4 Å². The van der Waals surface area contributed by atoms with E-state index in [2.05, 4.69) is 18.7 Å². The highest BCUT2D eigenvalue weighted by molar-refractivity contribution is 7.89. The van der Waals surface area contributed by atoms with E-state index in [-0.39, 0.29) is 10.8 Å². The standard InChI is InChI=1S/C25H34N4O4S2/c1-6-27(7-2)16-17-29(25-26-22-18-20(33-5)12-15-23(22)34-25)24(30)19-10-13-21(14-11-19)35(31,32)28(8-3)9-4/h10-15,18H,6-9,16-17H2,1-5H3. The normalized spacial score (nSPS) is 12.0. The molecule has 1 amide bonds. The highest BCUT2D eigenvalue weighted by Crippen LogP contribution is 2.32. The second-order valence-electron chi connectivity index (χ2n) is 7.93. The summed E-state index contributed by atoms with van der Waals surface area (Å²) in [5.74, 6) is 0.496. The minimum Gasteiger partial charge on any atom is -0.497 e. The minimum atomic E-state index is -3.59. The van der Waals surface area contributed by atoms with Crippen LogP contribution in [-0.4, -0.2) is 74.9 Å². The Hall–Kier alpha value is -2.53. The van der Waals surface area contributed by atoms with Crippen molar-refractivity contribution in [2.24, 2.45) is 0 Å². The number of benzene rings is 2. The van der Waals surface area contributed by atoms with Gasteiger partial charge in [0.2, 0.25) is 10.0 Å². The molecule has 190 valence electrons. The fourth-order valence-corrected chi connectivity index (χ4v) is 6.27. The van der Waals surface area contributed by atoms with Crippen LogP contribution in [0.15, 0.2) is 47.4 Å². The molecule has 0 unspecified atom stereocenters. The molecule has 2 aromatic carbocycles. The molecule has 0 radical (unpaired) electrons. The van der Waals surface area contributed by atoms with Gasteiger partial charge in [0.15, 0.2) is 5.13 Å². The van der Waals surface area contributed by atoms with Crippen molar-refractivity contribution in [3.05, 3.63) is 48.0 Å². The molecule has 0 saturated carbocycles. The Labute approximate surface area is 212 Å². The summed E-state index contributed by atoms with van der Waals surface area (Å²) < 4.78 is 33.3. The number of carbonyl (C=O) groups excluding carboxylic acids is 1. The lowest BCUT2D eigenvalue weighted by Gasteiger charge is -2.25. The highest BCUT2D eigenvalue weighted by Gasteiger charge is 2.25. The Kier molecular flexibility index (Phi) is 9.23. The Bertz CT molecular complexity index is 1230. The summed E-state index contributed by atoms with van der Waals surface area (Å²) >= 11 is 1.45. The van der Waals surface area contributed by atoms with Crippen LogP contribution < -0.4 is 9.64 Å². The van der Waals surface area contributed by atoms with Crippen LogP contribution in [0.25, 0.3) is 10.2 Å². The molecular weight excluding hydrogens is 484 g/mol. The summed E-state index contributed by atoms with van der Waals surface area (Å²) in [5.41, 5.74) is 1.19. The van der Waals surface area contributed by atoms with Crippen molar-refractivity contribution in [3.8, 4) is 5.75 Å². The maximum Gasteiger partial charge on any atom is 0.260 e. The van der Waals surface area contributed by atoms with Gasteiger partial charge in [0, 0.05) is 37.8 Å². The van der Waals surface area contributed by atoms with Gasteiger partial charge in [-0.15, -0.1) is 0 Å². The van der Waals surface area contributed by atoms with E-state index < -0.39 is 10.0 Å². The van der Waals surface area contributed by atoms with Gasteiger partial charge >= 0.3 is 0 Å². The Morgan fingerprint density at radius 1 is 0.943 bits per heavy atom. The van der Waals surface area contributed by atoms with Crippen LogP contribution in [0.2, 0.25) is 0 Å². The number of methoxy groups -OCH3 is 1. The van der Waals surface area contributed by atoms with Crippen molar-refractivity contribution in [1.82, 2.24) is 14.2 Å². The van der Waals surface area contributed by atoms with Crippen LogP contribution in [-0.2, 0) is 10.0 Å². The molecule has 8 nitrogen and oxygen atoms in total. The smallest absolute Gasteiger partial charge is 0.260 e. The SMILES string of the molecule is CCN(CC)CCN(C(=O)c1ccc(S(=O)(=O)N(CC)CC)cc1)c1nc2cc(OC)ccc2s1. The number of likely N-dealkylation sites (N-methyl/N-ethyl adjacent to an activating group) is 1. The summed E-state index contributed by atoms with van der Waals surface area (Å²) in [6.45, 7) is 11.5. The molecule has 0 fully saturated rings. The van der Waals surface area contributed by atoms with E-state index in [0.29, 0.717) is 42.6 Å². The molecule has 0 aliphatic heterocycles. The second-order valence-corrected chi connectivity index (χ2v) is 10.9. The zero-order valence-electron chi connectivity index (χ0n) is 21.0. The third-order valence-electron chi connectivity index (χ3n) is 6.04. The van der Waals surface area contributed by atoms with Crippen LogP contribution in [0.3, 0.4) is 0 Å². The van der Waals surface area contributed by atoms with Gasteiger partial charge in [-0.3, -0.25) is 9.69 Å². The van der Waals surface area contributed by atoms with Gasteiger partial charge in [0.1, 0.15) is 5.75 Å². The van der Waals surface area contributed by atoms with Crippen LogP contribution in [0, 0.1) is 0 Å². The van der Waals surface area contributed by atoms with Gasteiger partial charge in [-0.1, -0.05) is 39.0 Å². The number of hydrogen-bond donors (Lipinski definition) is 0. The predicted molar refractivity (Wildman–Crippen MR) is 142 cm³/mol. The average Bonchev–Trinajstić information content (AvgIpc) is 3.30. The maximum atomic E-state index is 13.6. The van der Waals surface area contributed by atoms with Crippen molar-refractivity contribution >= 4 is 42.6 Å². The van der Waals surface area contributed by atoms with E-state index in [4.69, 9.17) is 9.72 Å². The minimum absolute atomic E-state index is 0.180. The average molecular weight is 519 g/mol. The van der Waals surface area contributed by atoms with E-state index in [9.17, 15) is 13.2 Å². The highest BCUT2D eigenvalue weighted by atomic mass is 32.2. The first kappa shape index (κ1) is 27.1. The molecule has 0 saturated heterocycles. The molecule has 0 aliphatic carbocycles. The molecular formula is C25H34N4O4S2. The third kappa shape index (κ3) is 6.00. The number of hydrogen-bond acceptors (Lipinski definition) is 7. The molecule has 3 rings (SSSR count). The molecule has 10 heteroatoms. The Morgan fingerprint density at radius 2 is 1.60 bits per heavy atom. The number of anilines is 1. The molecule has 0 aliphatic rings. The lowest BCUT2D eigenvalue weighted by atomic mass is 10.2. The van der Waals surface area contributed by atoms with E-state index in [1.165, 1.54) is 27.8 Å². The summed E-state index contributed by atoms with van der Waals surface area (Å²) in [6.07, 6.45) is 0. The molecule has 0 bridgehead atoms. The zero-order valence-corrected chi connectivity index (χ0v) is 22.7. The number of nitrogens with zero attached hydrogens (tertiary/aromatic N) is 4. The monoisotopic (exact) mass is 518 g/mol. The quantitative estimate of drug-likeness (QED) is 0.355. The number of ether oxygens (including phenoxy) is 1. The lowest BCUT2D eigenvalue weighted by Crippen LogP contribution is -2.39. The Balaban J connectivity index is 1.95. The van der Waals surface area contributed by atoms with Gasteiger partial charge in [0.25, 0.3) is 5.91 Å². The molecule has 3 aromatic rings. The number of rotatable bonds is 12. The van der Waals surface area contributed by atoms with Crippen molar-refractivity contribution in [3.63, 3.8) is 0 Å². The van der Waals surface area contributed by atoms with Crippen molar-refractivity contribution in [2.45, 2.75) is 32.6 Å². The number of carbonyl (C=O) groups is 1. The fraction of sp³-hybridized carbons (Fsp3) is 0.440. The van der Waals surface area contributed by atoms with Crippen LogP contribution in [0.5, 0.6) is 5.75 Å². The second kappa shape index (κ2) is 11.9. The zero-order chi connectivity index (χ0) is 25.6. The Morgan fingerprint density at radius 3 is 2.17 bits per heavy atom. The molecule has 0 atom stereocenters. The van der Waals surface area contributed by atoms with E-state index >= 15 is 0 Å². The third-order valence-corrected chi connectivity index (χ3v) is 9.16. The largest absolute Gasteiger partial charge is 0.497 e. The molecule has 1 aromatic heterocycles. The number of aromatic nitrogens is 1. The van der Waals surface area contributed by atoms with Crippen molar-refractivity contribution in [2.75, 3.05) is 51.3 Å². The van der Waals surface area contributed by atoms with Gasteiger partial charge in [0.05, 0.1) is 22.2 Å². The summed E-state index contributed by atoms with van der Waals surface area (Å²) in [5, 5.41) is 0.602. The molecule has 0 spiro atoms. The van der Waals surface area contributed by atoms with E-state index in [0.717, 1.165) is 23.3 Å². The number of thiazole rings is 1. The lowest BCUT2D eigenvalue weighted by molar-refractivity contribution is 0.0983. The van der Waals surface area contributed by atoms with E-state index in [1.54, 1.807) is 38.0 Å². The van der Waals surface area contributed by atoms with Crippen molar-refractivity contribution < 1.29 is 17.9 Å². The molecule has 35 heavy (non-hydrogen) atoms. The fourth-order valence-electron chi connectivity index (χ4n) is 3.84. The first-order chi connectivity index (χ1) is 16.8. The van der Waals surface area contributed by atoms with Crippen LogP contribution in [0.1, 0.15) is 38.1 Å². The maximum absolute atomic E-state index is 13.6. The topological polar surface area (TPSA) is 83.1 Å². The predicted octanol–water partition coefficient (Wildman–Crippen LogP) is 4.32. The molecule has 0 N–H and O–H groups in total. The van der Waals surface area contributed by atoms with Gasteiger partial charge in [-0.05, 0) is 49.5 Å². The summed E-state index contributed by atoms with van der Waals surface area (Å²) in [4.78, 5) is 22.5. The van der Waals surface area contributed by atoms with Gasteiger partial charge in [-0.2, -0.15) is 4.31 Å².